The quantitative estimate of drug-likeness (QED) is 0.388. The fourth-order valence-corrected chi connectivity index (χ4v) is 5.74. The molecule has 0 aromatic heterocycles. The van der Waals surface area contributed by atoms with Crippen LogP contribution in [-0.4, -0.2) is 57.0 Å². The predicted molar refractivity (Wildman–Crippen MR) is 139 cm³/mol. The van der Waals surface area contributed by atoms with Gasteiger partial charge >= 0.3 is 0 Å². The largest absolute Gasteiger partial charge is 0.379 e. The van der Waals surface area contributed by atoms with Gasteiger partial charge in [0.05, 0.1) is 18.1 Å². The maximum atomic E-state index is 13.7. The number of nitrogens with zero attached hydrogens (tertiary/aromatic N) is 2. The lowest BCUT2D eigenvalue weighted by Gasteiger charge is -2.26. The molecule has 6 nitrogen and oxygen atoms in total. The van der Waals surface area contributed by atoms with Gasteiger partial charge in [-0.15, -0.1) is 0 Å². The average Bonchev–Trinajstić information content (AvgIpc) is 2.90. The van der Waals surface area contributed by atoms with E-state index < -0.39 is 10.0 Å². The maximum absolute atomic E-state index is 13.7. The van der Waals surface area contributed by atoms with Crippen LogP contribution in [0.25, 0.3) is 0 Å². The van der Waals surface area contributed by atoms with Crippen molar-refractivity contribution in [2.75, 3.05) is 39.4 Å². The number of sulfonamides is 1. The Bertz CT molecular complexity index is 1090. The second-order valence-corrected chi connectivity index (χ2v) is 10.8. The number of benzene rings is 3. The van der Waals surface area contributed by atoms with Gasteiger partial charge in [-0.3, -0.25) is 4.90 Å². The molecule has 0 aliphatic carbocycles. The van der Waals surface area contributed by atoms with E-state index in [-0.39, 0.29) is 0 Å². The standard InChI is InChI=1S/C28H35N3O3S/c32-35(33,31(23-25-9-3-1-4-10-25)24-26-11-5-2-6-12-26)28-14-7-13-27(21-28)22-29-15-8-16-30-17-19-34-20-18-30/h1-7,9-14,21,29H,8,15-20,22-24H2. The number of ether oxygens (including phenoxy) is 1. The molecule has 186 valence electrons. The number of hydrogen-bond acceptors (Lipinski definition) is 5. The van der Waals surface area contributed by atoms with E-state index >= 15 is 0 Å². The van der Waals surface area contributed by atoms with Crippen molar-refractivity contribution in [2.45, 2.75) is 31.0 Å². The third kappa shape index (κ3) is 7.72. The van der Waals surface area contributed by atoms with E-state index in [2.05, 4.69) is 10.2 Å². The van der Waals surface area contributed by atoms with E-state index in [1.54, 1.807) is 16.4 Å². The highest BCUT2D eigenvalue weighted by atomic mass is 32.2. The Hall–Kier alpha value is -2.55. The molecule has 1 heterocycles. The molecule has 1 aliphatic heterocycles. The van der Waals surface area contributed by atoms with Crippen molar-refractivity contribution in [3.63, 3.8) is 0 Å². The van der Waals surface area contributed by atoms with Crippen molar-refractivity contribution < 1.29 is 13.2 Å². The monoisotopic (exact) mass is 493 g/mol. The van der Waals surface area contributed by atoms with Crippen molar-refractivity contribution in [1.29, 1.82) is 0 Å². The van der Waals surface area contributed by atoms with Crippen LogP contribution < -0.4 is 5.32 Å². The third-order valence-corrected chi connectivity index (χ3v) is 7.99. The SMILES string of the molecule is O=S(=O)(c1cccc(CNCCCN2CCOCC2)c1)N(Cc1ccccc1)Cc1ccccc1. The van der Waals surface area contributed by atoms with Crippen LogP contribution >= 0.6 is 0 Å². The second-order valence-electron chi connectivity index (χ2n) is 8.88. The second kappa shape index (κ2) is 13.0. The summed E-state index contributed by atoms with van der Waals surface area (Å²) >= 11 is 0. The van der Waals surface area contributed by atoms with Crippen LogP contribution in [0.15, 0.2) is 89.8 Å². The van der Waals surface area contributed by atoms with E-state index in [0.717, 1.165) is 62.5 Å². The highest BCUT2D eigenvalue weighted by Gasteiger charge is 2.25. The molecule has 35 heavy (non-hydrogen) atoms. The van der Waals surface area contributed by atoms with E-state index in [9.17, 15) is 8.42 Å². The summed E-state index contributed by atoms with van der Waals surface area (Å²) in [6, 6.07) is 26.8. The summed E-state index contributed by atoms with van der Waals surface area (Å²) in [6.07, 6.45) is 1.06. The van der Waals surface area contributed by atoms with Crippen LogP contribution in [-0.2, 0) is 34.4 Å². The Kier molecular flexibility index (Phi) is 9.45. The Morgan fingerprint density at radius 1 is 0.800 bits per heavy atom. The van der Waals surface area contributed by atoms with Crippen LogP contribution in [0.5, 0.6) is 0 Å². The minimum Gasteiger partial charge on any atom is -0.379 e. The van der Waals surface area contributed by atoms with Crippen molar-refractivity contribution in [1.82, 2.24) is 14.5 Å². The van der Waals surface area contributed by atoms with E-state index in [0.29, 0.717) is 24.5 Å². The van der Waals surface area contributed by atoms with E-state index in [4.69, 9.17) is 4.74 Å². The first-order valence-electron chi connectivity index (χ1n) is 12.3. The first kappa shape index (κ1) is 25.5. The zero-order chi connectivity index (χ0) is 24.3. The molecular formula is C28H35N3O3S. The molecule has 3 aromatic rings. The number of rotatable bonds is 12. The molecule has 0 radical (unpaired) electrons. The first-order chi connectivity index (χ1) is 17.1. The summed E-state index contributed by atoms with van der Waals surface area (Å²) in [5.74, 6) is 0. The lowest BCUT2D eigenvalue weighted by Crippen LogP contribution is -2.37. The van der Waals surface area contributed by atoms with E-state index in [1.807, 2.05) is 72.8 Å². The minimum atomic E-state index is -3.68. The molecule has 7 heteroatoms. The molecule has 1 saturated heterocycles. The summed E-state index contributed by atoms with van der Waals surface area (Å²) < 4.78 is 34.4. The molecule has 1 fully saturated rings. The normalized spacial score (nSPS) is 14.9. The van der Waals surface area contributed by atoms with Gasteiger partial charge in [-0.1, -0.05) is 72.8 Å². The molecule has 0 spiro atoms. The van der Waals surface area contributed by atoms with Crippen LogP contribution in [0.1, 0.15) is 23.1 Å². The number of nitrogens with one attached hydrogen (secondary N) is 1. The van der Waals surface area contributed by atoms with Gasteiger partial charge in [0, 0.05) is 32.7 Å². The number of morpholine rings is 1. The Labute approximate surface area is 209 Å². The smallest absolute Gasteiger partial charge is 0.243 e. The van der Waals surface area contributed by atoms with Crippen molar-refractivity contribution >= 4 is 10.0 Å². The van der Waals surface area contributed by atoms with Crippen LogP contribution in [0.2, 0.25) is 0 Å². The molecule has 3 aromatic carbocycles. The van der Waals surface area contributed by atoms with Crippen LogP contribution in [0.3, 0.4) is 0 Å². The van der Waals surface area contributed by atoms with Gasteiger partial charge in [-0.2, -0.15) is 4.31 Å². The van der Waals surface area contributed by atoms with Crippen molar-refractivity contribution in [3.8, 4) is 0 Å². The first-order valence-corrected chi connectivity index (χ1v) is 13.7. The van der Waals surface area contributed by atoms with Gasteiger partial charge < -0.3 is 10.1 Å². The molecule has 1 N–H and O–H groups in total. The van der Waals surface area contributed by atoms with Crippen LogP contribution in [0, 0.1) is 0 Å². The number of hydrogen-bond donors (Lipinski definition) is 1. The predicted octanol–water partition coefficient (Wildman–Crippen LogP) is 3.89. The zero-order valence-corrected chi connectivity index (χ0v) is 21.0. The highest BCUT2D eigenvalue weighted by molar-refractivity contribution is 7.89. The highest BCUT2D eigenvalue weighted by Crippen LogP contribution is 2.22. The molecule has 0 saturated carbocycles. The fourth-order valence-electron chi connectivity index (χ4n) is 4.25. The summed E-state index contributed by atoms with van der Waals surface area (Å²) in [5.41, 5.74) is 2.90. The minimum absolute atomic E-state index is 0.322. The summed E-state index contributed by atoms with van der Waals surface area (Å²) in [5, 5.41) is 3.46. The van der Waals surface area contributed by atoms with Crippen molar-refractivity contribution in [3.05, 3.63) is 102 Å². The van der Waals surface area contributed by atoms with Crippen LogP contribution in [0.4, 0.5) is 0 Å². The van der Waals surface area contributed by atoms with Gasteiger partial charge in [-0.25, -0.2) is 8.42 Å². The van der Waals surface area contributed by atoms with Gasteiger partial charge in [0.25, 0.3) is 0 Å². The lowest BCUT2D eigenvalue weighted by atomic mass is 10.2. The Balaban J connectivity index is 1.41. The molecule has 0 amide bonds. The molecule has 1 aliphatic rings. The topological polar surface area (TPSA) is 61.9 Å². The lowest BCUT2D eigenvalue weighted by molar-refractivity contribution is 0.0374. The van der Waals surface area contributed by atoms with Gasteiger partial charge in [0.15, 0.2) is 0 Å². The molecule has 0 atom stereocenters. The van der Waals surface area contributed by atoms with Gasteiger partial charge in [0.1, 0.15) is 0 Å². The zero-order valence-electron chi connectivity index (χ0n) is 20.2. The van der Waals surface area contributed by atoms with Gasteiger partial charge in [0.2, 0.25) is 10.0 Å². The Morgan fingerprint density at radius 2 is 1.40 bits per heavy atom. The molecule has 0 unspecified atom stereocenters. The fraction of sp³-hybridized carbons (Fsp3) is 0.357. The van der Waals surface area contributed by atoms with E-state index in [1.165, 1.54) is 0 Å². The Morgan fingerprint density at radius 3 is 2.03 bits per heavy atom. The molecule has 4 rings (SSSR count). The maximum Gasteiger partial charge on any atom is 0.243 e. The summed E-state index contributed by atoms with van der Waals surface area (Å²) in [6.45, 7) is 6.88. The summed E-state index contributed by atoms with van der Waals surface area (Å²) in [7, 11) is -3.68. The molecule has 0 bridgehead atoms. The average molecular weight is 494 g/mol. The third-order valence-electron chi connectivity index (χ3n) is 6.20. The van der Waals surface area contributed by atoms with Gasteiger partial charge in [-0.05, 0) is 48.3 Å². The van der Waals surface area contributed by atoms with Crippen molar-refractivity contribution in [2.24, 2.45) is 0 Å². The molecular weight excluding hydrogens is 458 g/mol. The summed E-state index contributed by atoms with van der Waals surface area (Å²) in [4.78, 5) is 2.75.